The zero-order valence-corrected chi connectivity index (χ0v) is 27.3. The number of nitrogens with one attached hydrogen (secondary N) is 1. The minimum Gasteiger partial charge on any atom is -0.460 e. The van der Waals surface area contributed by atoms with Crippen LogP contribution in [0.5, 0.6) is 0 Å². The van der Waals surface area contributed by atoms with Crippen LogP contribution in [0.25, 0.3) is 11.1 Å². The summed E-state index contributed by atoms with van der Waals surface area (Å²) in [5.41, 5.74) is 2.28. The smallest absolute Gasteiger partial charge is 0.411 e. The molecule has 2 aromatic carbocycles. The third kappa shape index (κ3) is 13.1. The lowest BCUT2D eigenvalue weighted by Gasteiger charge is -2.32. The standard InChI is InChI=1S/C35H52N4O5/c1-35(2,3)44-33(41)21-23-37(4)22-13-7-10-18-32(40)38(5)26-27-39-24-19-29(20-25-39)43-34(42)36-31-17-12-11-16-30(31)28-14-8-6-9-15-28/h6,8-9,11-12,14-17,29H,7,10,13,18-27H2,1-5H3,(H,36,42). The van der Waals surface area contributed by atoms with Gasteiger partial charge in [-0.2, -0.15) is 0 Å². The fourth-order valence-corrected chi connectivity index (χ4v) is 5.23. The van der Waals surface area contributed by atoms with Gasteiger partial charge < -0.3 is 24.2 Å². The number of piperidine rings is 1. The first kappa shape index (κ1) is 35.1. The van der Waals surface area contributed by atoms with Crippen molar-refractivity contribution in [1.29, 1.82) is 0 Å². The number of nitrogens with zero attached hydrogens (tertiary/aromatic N) is 3. The molecule has 1 heterocycles. The second kappa shape index (κ2) is 17.8. The van der Waals surface area contributed by atoms with Gasteiger partial charge in [0.05, 0.1) is 12.1 Å². The Kier molecular flexibility index (Phi) is 14.1. The normalized spacial score (nSPS) is 14.3. The van der Waals surface area contributed by atoms with E-state index in [0.29, 0.717) is 25.9 Å². The van der Waals surface area contributed by atoms with Gasteiger partial charge in [0, 0.05) is 51.8 Å². The molecule has 9 heteroatoms. The number of carbonyl (C=O) groups is 3. The molecule has 2 aromatic rings. The Labute approximate surface area is 263 Å². The molecule has 44 heavy (non-hydrogen) atoms. The van der Waals surface area contributed by atoms with Crippen molar-refractivity contribution in [3.05, 3.63) is 54.6 Å². The van der Waals surface area contributed by atoms with Crippen molar-refractivity contribution in [1.82, 2.24) is 14.7 Å². The van der Waals surface area contributed by atoms with Crippen LogP contribution >= 0.6 is 0 Å². The fraction of sp³-hybridized carbons (Fsp3) is 0.571. The maximum atomic E-state index is 12.7. The van der Waals surface area contributed by atoms with Crippen LogP contribution in [0.1, 0.15) is 65.7 Å². The zero-order valence-electron chi connectivity index (χ0n) is 27.3. The molecule has 242 valence electrons. The summed E-state index contributed by atoms with van der Waals surface area (Å²) < 4.78 is 11.1. The first-order valence-electron chi connectivity index (χ1n) is 16.0. The van der Waals surface area contributed by atoms with Crippen molar-refractivity contribution in [2.45, 2.75) is 77.4 Å². The minimum atomic E-state index is -0.446. The molecule has 1 N–H and O–H groups in total. The van der Waals surface area contributed by atoms with Crippen molar-refractivity contribution >= 4 is 23.7 Å². The lowest BCUT2D eigenvalue weighted by molar-refractivity contribution is -0.155. The quantitative estimate of drug-likeness (QED) is 0.194. The van der Waals surface area contributed by atoms with Gasteiger partial charge in [0.2, 0.25) is 5.91 Å². The van der Waals surface area contributed by atoms with Crippen molar-refractivity contribution in [2.24, 2.45) is 0 Å². The van der Waals surface area contributed by atoms with E-state index in [1.807, 2.05) is 94.4 Å². The number of hydrogen-bond donors (Lipinski definition) is 1. The molecule has 0 aromatic heterocycles. The van der Waals surface area contributed by atoms with Crippen LogP contribution in [-0.2, 0) is 19.1 Å². The van der Waals surface area contributed by atoms with Gasteiger partial charge in [-0.05, 0) is 71.7 Å². The molecular formula is C35H52N4O5. The van der Waals surface area contributed by atoms with Gasteiger partial charge in [0.15, 0.2) is 0 Å². The molecule has 1 aliphatic rings. The lowest BCUT2D eigenvalue weighted by Crippen LogP contribution is -2.42. The third-order valence-corrected chi connectivity index (χ3v) is 7.78. The van der Waals surface area contributed by atoms with Gasteiger partial charge in [-0.1, -0.05) is 55.0 Å². The van der Waals surface area contributed by atoms with Crippen molar-refractivity contribution in [2.75, 3.05) is 58.7 Å². The SMILES string of the molecule is CN(CCCCCC(=O)N(C)CCN1CCC(OC(=O)Nc2ccccc2-c2ccccc2)CC1)CCC(=O)OC(C)(C)C. The highest BCUT2D eigenvalue weighted by Gasteiger charge is 2.23. The molecule has 0 atom stereocenters. The van der Waals surface area contributed by atoms with Crippen molar-refractivity contribution in [3.63, 3.8) is 0 Å². The van der Waals surface area contributed by atoms with Crippen LogP contribution in [0, 0.1) is 0 Å². The second-order valence-corrected chi connectivity index (χ2v) is 12.7. The lowest BCUT2D eigenvalue weighted by atomic mass is 10.0. The molecule has 3 rings (SSSR count). The Balaban J connectivity index is 1.25. The summed E-state index contributed by atoms with van der Waals surface area (Å²) in [4.78, 5) is 43.5. The number of carbonyl (C=O) groups excluding carboxylic acids is 3. The molecule has 0 bridgehead atoms. The van der Waals surface area contributed by atoms with E-state index in [1.54, 1.807) is 0 Å². The Morgan fingerprint density at radius 3 is 2.25 bits per heavy atom. The molecule has 0 radical (unpaired) electrons. The highest BCUT2D eigenvalue weighted by Crippen LogP contribution is 2.28. The van der Waals surface area contributed by atoms with Crippen LogP contribution in [-0.4, -0.2) is 97.7 Å². The number of unbranched alkanes of at least 4 members (excludes halogenated alkanes) is 2. The van der Waals surface area contributed by atoms with E-state index >= 15 is 0 Å². The van der Waals surface area contributed by atoms with Crippen LogP contribution in [0.15, 0.2) is 54.6 Å². The van der Waals surface area contributed by atoms with Gasteiger partial charge in [-0.25, -0.2) is 4.79 Å². The number of likely N-dealkylation sites (N-methyl/N-ethyl adjacent to an activating group) is 1. The molecule has 0 unspecified atom stereocenters. The number of benzene rings is 2. The number of rotatable bonds is 15. The Hall–Kier alpha value is -3.43. The van der Waals surface area contributed by atoms with E-state index in [9.17, 15) is 14.4 Å². The molecule has 1 aliphatic heterocycles. The average Bonchev–Trinajstić information content (AvgIpc) is 2.99. The van der Waals surface area contributed by atoms with Crippen molar-refractivity contribution in [3.8, 4) is 11.1 Å². The minimum absolute atomic E-state index is 0.120. The molecule has 1 fully saturated rings. The van der Waals surface area contributed by atoms with E-state index in [0.717, 1.165) is 75.1 Å². The average molecular weight is 609 g/mol. The largest absolute Gasteiger partial charge is 0.460 e. The molecule has 0 spiro atoms. The molecular weight excluding hydrogens is 556 g/mol. The predicted octanol–water partition coefficient (Wildman–Crippen LogP) is 6.05. The molecule has 0 saturated carbocycles. The summed E-state index contributed by atoms with van der Waals surface area (Å²) in [7, 11) is 3.89. The van der Waals surface area contributed by atoms with E-state index in [4.69, 9.17) is 9.47 Å². The second-order valence-electron chi connectivity index (χ2n) is 12.7. The molecule has 0 aliphatic carbocycles. The third-order valence-electron chi connectivity index (χ3n) is 7.78. The first-order chi connectivity index (χ1) is 21.0. The number of para-hydroxylation sites is 1. The number of likely N-dealkylation sites (tertiary alicyclic amines) is 1. The highest BCUT2D eigenvalue weighted by molar-refractivity contribution is 5.91. The van der Waals surface area contributed by atoms with Gasteiger partial charge >= 0.3 is 12.1 Å². The Morgan fingerprint density at radius 2 is 1.55 bits per heavy atom. The Bertz CT molecular complexity index is 1180. The predicted molar refractivity (Wildman–Crippen MR) is 176 cm³/mol. The number of ether oxygens (including phenoxy) is 2. The summed E-state index contributed by atoms with van der Waals surface area (Å²) in [6.45, 7) is 10.4. The highest BCUT2D eigenvalue weighted by atomic mass is 16.6. The Morgan fingerprint density at radius 1 is 0.864 bits per heavy atom. The molecule has 9 nitrogen and oxygen atoms in total. The van der Waals surface area contributed by atoms with E-state index in [-0.39, 0.29) is 18.0 Å². The number of anilines is 1. The van der Waals surface area contributed by atoms with Crippen molar-refractivity contribution < 1.29 is 23.9 Å². The summed E-state index contributed by atoms with van der Waals surface area (Å²) in [6, 6.07) is 17.7. The van der Waals surface area contributed by atoms with Gasteiger partial charge in [0.1, 0.15) is 11.7 Å². The van der Waals surface area contributed by atoms with Gasteiger partial charge in [0.25, 0.3) is 0 Å². The molecule has 2 amide bonds. The van der Waals surface area contributed by atoms with Gasteiger partial charge in [-0.3, -0.25) is 14.9 Å². The molecule has 1 saturated heterocycles. The zero-order chi connectivity index (χ0) is 32.0. The summed E-state index contributed by atoms with van der Waals surface area (Å²) in [5.74, 6) is 0.00805. The number of amides is 2. The van der Waals surface area contributed by atoms with E-state index in [2.05, 4.69) is 15.1 Å². The number of esters is 1. The number of hydrogen-bond acceptors (Lipinski definition) is 7. The van der Waals surface area contributed by atoms with Gasteiger partial charge in [-0.15, -0.1) is 0 Å². The fourth-order valence-electron chi connectivity index (χ4n) is 5.23. The maximum absolute atomic E-state index is 12.7. The summed E-state index contributed by atoms with van der Waals surface area (Å²) >= 11 is 0. The van der Waals surface area contributed by atoms with Crippen LogP contribution < -0.4 is 5.32 Å². The monoisotopic (exact) mass is 608 g/mol. The van der Waals surface area contributed by atoms with Crippen LogP contribution in [0.3, 0.4) is 0 Å². The summed E-state index contributed by atoms with van der Waals surface area (Å²) in [5, 5.41) is 2.93. The van der Waals surface area contributed by atoms with Crippen LogP contribution in [0.2, 0.25) is 0 Å². The summed E-state index contributed by atoms with van der Waals surface area (Å²) in [6.07, 6.45) is 4.79. The topological polar surface area (TPSA) is 91.4 Å². The van der Waals surface area contributed by atoms with E-state index in [1.165, 1.54) is 0 Å². The first-order valence-corrected chi connectivity index (χ1v) is 16.0. The maximum Gasteiger partial charge on any atom is 0.411 e. The van der Waals surface area contributed by atoms with Crippen LogP contribution in [0.4, 0.5) is 10.5 Å². The van der Waals surface area contributed by atoms with E-state index < -0.39 is 11.7 Å².